The molecule has 0 amide bonds. The topological polar surface area (TPSA) is 77.8 Å². The van der Waals surface area contributed by atoms with Crippen LogP contribution in [0.15, 0.2) is 24.3 Å². The van der Waals surface area contributed by atoms with Crippen molar-refractivity contribution in [2.45, 2.75) is 115 Å². The van der Waals surface area contributed by atoms with Gasteiger partial charge in [0.2, 0.25) is 5.34 Å². The SMILES string of the molecule is CCCCCCCCC/C=C\CCCCCC/C=C\CCC(O)(C[N+](C)(C)C)P(=O)(O)O. The molecular formula is C26H53NO4P+. The molecule has 0 heterocycles. The van der Waals surface area contributed by atoms with Crippen molar-refractivity contribution in [3.63, 3.8) is 0 Å². The van der Waals surface area contributed by atoms with Gasteiger partial charge in [0.15, 0.2) is 0 Å². The molecule has 0 saturated carbocycles. The molecule has 0 aliphatic heterocycles. The zero-order chi connectivity index (χ0) is 24.3. The van der Waals surface area contributed by atoms with Crippen molar-refractivity contribution >= 4 is 7.60 Å². The van der Waals surface area contributed by atoms with Crippen LogP contribution in [0, 0.1) is 0 Å². The minimum atomic E-state index is -4.58. The fourth-order valence-corrected chi connectivity index (χ4v) is 4.99. The third kappa shape index (κ3) is 18.0. The van der Waals surface area contributed by atoms with E-state index in [0.29, 0.717) is 10.9 Å². The Balaban J connectivity index is 3.71. The third-order valence-corrected chi connectivity index (χ3v) is 7.23. The Hall–Kier alpha value is -0.450. The monoisotopic (exact) mass is 474 g/mol. The van der Waals surface area contributed by atoms with E-state index in [2.05, 4.69) is 25.2 Å². The highest BCUT2D eigenvalue weighted by Crippen LogP contribution is 2.52. The summed E-state index contributed by atoms with van der Waals surface area (Å²) in [5.41, 5.74) is 0. The number of unbranched alkanes of at least 4 members (excludes halogenated alkanes) is 12. The average Bonchev–Trinajstić information content (AvgIpc) is 2.67. The molecule has 3 N–H and O–H groups in total. The highest BCUT2D eigenvalue weighted by atomic mass is 31.2. The van der Waals surface area contributed by atoms with Gasteiger partial charge in [-0.2, -0.15) is 0 Å². The molecule has 0 aliphatic rings. The van der Waals surface area contributed by atoms with Gasteiger partial charge < -0.3 is 19.4 Å². The van der Waals surface area contributed by atoms with Gasteiger partial charge in [-0.05, 0) is 51.4 Å². The van der Waals surface area contributed by atoms with Crippen molar-refractivity contribution in [3.8, 4) is 0 Å². The largest absolute Gasteiger partial charge is 0.373 e. The number of nitrogens with zero attached hydrogens (tertiary/aromatic N) is 1. The molecule has 6 heteroatoms. The van der Waals surface area contributed by atoms with Crippen LogP contribution in [0.5, 0.6) is 0 Å². The summed E-state index contributed by atoms with van der Waals surface area (Å²) >= 11 is 0. The Labute approximate surface area is 198 Å². The van der Waals surface area contributed by atoms with E-state index in [9.17, 15) is 19.5 Å². The molecule has 0 rings (SSSR count). The Bertz CT molecular complexity index is 551. The molecule has 0 spiro atoms. The first-order valence-electron chi connectivity index (χ1n) is 12.9. The Morgan fingerprint density at radius 2 is 1.06 bits per heavy atom. The second-order valence-corrected chi connectivity index (χ2v) is 12.3. The molecule has 1 atom stereocenters. The van der Waals surface area contributed by atoms with E-state index in [0.717, 1.165) is 12.8 Å². The van der Waals surface area contributed by atoms with Crippen molar-refractivity contribution < 1.29 is 23.9 Å². The number of aliphatic hydroxyl groups is 1. The third-order valence-electron chi connectivity index (χ3n) is 5.78. The van der Waals surface area contributed by atoms with Gasteiger partial charge in [0.1, 0.15) is 6.54 Å². The summed E-state index contributed by atoms with van der Waals surface area (Å²) in [5.74, 6) is 0. The molecule has 0 aromatic rings. The van der Waals surface area contributed by atoms with Crippen LogP contribution < -0.4 is 0 Å². The van der Waals surface area contributed by atoms with E-state index >= 15 is 0 Å². The van der Waals surface area contributed by atoms with E-state index in [1.54, 1.807) is 0 Å². The Kier molecular flexibility index (Phi) is 17.7. The average molecular weight is 475 g/mol. The zero-order valence-corrected chi connectivity index (χ0v) is 22.4. The highest BCUT2D eigenvalue weighted by molar-refractivity contribution is 7.53. The minimum absolute atomic E-state index is 0.0264. The molecule has 1 unspecified atom stereocenters. The number of rotatable bonds is 21. The lowest BCUT2D eigenvalue weighted by Crippen LogP contribution is -2.49. The van der Waals surface area contributed by atoms with Gasteiger partial charge in [0.25, 0.3) is 0 Å². The summed E-state index contributed by atoms with van der Waals surface area (Å²) in [6.45, 7) is 2.29. The first kappa shape index (κ1) is 31.6. The molecule has 32 heavy (non-hydrogen) atoms. The molecule has 0 aliphatic carbocycles. The molecule has 0 bridgehead atoms. The zero-order valence-electron chi connectivity index (χ0n) is 21.5. The van der Waals surface area contributed by atoms with Crippen LogP contribution in [0.1, 0.15) is 110 Å². The van der Waals surface area contributed by atoms with Gasteiger partial charge in [-0.1, -0.05) is 82.6 Å². The number of allylic oxidation sites excluding steroid dienone is 4. The highest BCUT2D eigenvalue weighted by Gasteiger charge is 2.48. The maximum Gasteiger partial charge on any atom is 0.362 e. The molecule has 0 aromatic carbocycles. The van der Waals surface area contributed by atoms with E-state index in [1.165, 1.54) is 77.0 Å². The molecule has 0 fully saturated rings. The Morgan fingerprint density at radius 1 is 0.688 bits per heavy atom. The van der Waals surface area contributed by atoms with Gasteiger partial charge in [0.05, 0.1) is 21.1 Å². The Morgan fingerprint density at radius 3 is 1.44 bits per heavy atom. The first-order chi connectivity index (χ1) is 15.0. The van der Waals surface area contributed by atoms with Crippen LogP contribution in [-0.2, 0) is 4.57 Å². The summed E-state index contributed by atoms with van der Waals surface area (Å²) in [5, 5.41) is 8.55. The van der Waals surface area contributed by atoms with Crippen LogP contribution in [-0.4, -0.2) is 52.4 Å². The van der Waals surface area contributed by atoms with Crippen LogP contribution in [0.25, 0.3) is 0 Å². The quantitative estimate of drug-likeness (QED) is 0.0729. The lowest BCUT2D eigenvalue weighted by molar-refractivity contribution is -0.875. The standard InChI is InChI=1S/C26H52NO4P/c1-5-6-7-8-9-10-11-12-13-14-15-16-17-18-19-20-21-22-23-24-26(28,32(29,30)31)25-27(2,3)4/h13-14,21-22,28H,5-12,15-20,23-25H2,1-4H3,(H-,29,30,31)/p+1/b14-13-,22-21-. The van der Waals surface area contributed by atoms with Gasteiger partial charge in [-0.3, -0.25) is 4.57 Å². The van der Waals surface area contributed by atoms with Crippen molar-refractivity contribution in [3.05, 3.63) is 24.3 Å². The van der Waals surface area contributed by atoms with Crippen LogP contribution in [0.2, 0.25) is 0 Å². The van der Waals surface area contributed by atoms with Crippen LogP contribution in [0.3, 0.4) is 0 Å². The lowest BCUT2D eigenvalue weighted by atomic mass is 10.1. The number of hydrogen-bond acceptors (Lipinski definition) is 2. The van der Waals surface area contributed by atoms with E-state index in [1.807, 2.05) is 27.2 Å². The molecule has 0 aromatic heterocycles. The van der Waals surface area contributed by atoms with Crippen molar-refractivity contribution in [2.75, 3.05) is 27.7 Å². The van der Waals surface area contributed by atoms with Crippen LogP contribution in [0.4, 0.5) is 0 Å². The van der Waals surface area contributed by atoms with E-state index < -0.39 is 12.9 Å². The van der Waals surface area contributed by atoms with E-state index in [4.69, 9.17) is 0 Å². The summed E-state index contributed by atoms with van der Waals surface area (Å²) in [4.78, 5) is 19.1. The normalized spacial score (nSPS) is 15.1. The summed E-state index contributed by atoms with van der Waals surface area (Å²) in [6, 6.07) is 0. The minimum Gasteiger partial charge on any atom is -0.373 e. The van der Waals surface area contributed by atoms with Gasteiger partial charge in [-0.15, -0.1) is 0 Å². The molecule has 0 radical (unpaired) electrons. The summed E-state index contributed by atoms with van der Waals surface area (Å²) in [6.07, 6.45) is 27.1. The predicted octanol–water partition coefficient (Wildman–Crippen LogP) is 6.93. The molecule has 0 saturated heterocycles. The van der Waals surface area contributed by atoms with Crippen molar-refractivity contribution in [1.29, 1.82) is 0 Å². The first-order valence-corrected chi connectivity index (χ1v) is 14.5. The second-order valence-electron chi connectivity index (χ2n) is 10.4. The molecular weight excluding hydrogens is 421 g/mol. The molecule has 5 nitrogen and oxygen atoms in total. The summed E-state index contributed by atoms with van der Waals surface area (Å²) in [7, 11) is 0.889. The van der Waals surface area contributed by atoms with E-state index in [-0.39, 0.29) is 13.0 Å². The van der Waals surface area contributed by atoms with Gasteiger partial charge >= 0.3 is 7.60 Å². The number of likely N-dealkylation sites (N-methyl/N-ethyl adjacent to an activating group) is 1. The van der Waals surface area contributed by atoms with Gasteiger partial charge in [0, 0.05) is 0 Å². The smallest absolute Gasteiger partial charge is 0.362 e. The predicted molar refractivity (Wildman–Crippen MR) is 138 cm³/mol. The second kappa shape index (κ2) is 18.0. The fraction of sp³-hybridized carbons (Fsp3) is 0.846. The maximum atomic E-state index is 11.8. The number of quaternary nitrogens is 1. The van der Waals surface area contributed by atoms with Gasteiger partial charge in [-0.25, -0.2) is 0 Å². The van der Waals surface area contributed by atoms with Crippen molar-refractivity contribution in [1.82, 2.24) is 0 Å². The van der Waals surface area contributed by atoms with Crippen molar-refractivity contribution in [2.24, 2.45) is 0 Å². The fourth-order valence-electron chi connectivity index (χ4n) is 3.96. The molecule has 190 valence electrons. The van der Waals surface area contributed by atoms with Crippen LogP contribution >= 0.6 is 7.60 Å². The summed E-state index contributed by atoms with van der Waals surface area (Å²) < 4.78 is 12.1. The number of hydrogen-bond donors (Lipinski definition) is 3. The lowest BCUT2D eigenvalue weighted by Gasteiger charge is -2.35. The maximum absolute atomic E-state index is 11.8.